The van der Waals surface area contributed by atoms with E-state index in [4.69, 9.17) is 23.2 Å². The van der Waals surface area contributed by atoms with Crippen molar-refractivity contribution in [3.05, 3.63) is 55.7 Å². The maximum atomic E-state index is 12.6. The summed E-state index contributed by atoms with van der Waals surface area (Å²) in [5, 5.41) is 2.56. The third kappa shape index (κ3) is 3.29. The number of benzene rings is 1. The van der Waals surface area contributed by atoms with Gasteiger partial charge in [0.15, 0.2) is 0 Å². The van der Waals surface area contributed by atoms with Crippen molar-refractivity contribution in [2.24, 2.45) is 0 Å². The Kier molecular flexibility index (Phi) is 5.13. The number of hydrogen-bond donors (Lipinski definition) is 0. The summed E-state index contributed by atoms with van der Waals surface area (Å²) in [6, 6.07) is 6.98. The summed E-state index contributed by atoms with van der Waals surface area (Å²) < 4.78 is 0. The maximum Gasteiger partial charge on any atom is 0.264 e. The van der Waals surface area contributed by atoms with E-state index in [1.807, 2.05) is 18.4 Å². The molecule has 0 radical (unpaired) electrons. The molecule has 24 heavy (non-hydrogen) atoms. The molecular formula is C17H16Cl2N2O2S. The first kappa shape index (κ1) is 17.3. The average Bonchev–Trinajstić information content (AvgIpc) is 3.02. The number of thiophene rings is 1. The van der Waals surface area contributed by atoms with Gasteiger partial charge in [-0.3, -0.25) is 9.59 Å². The van der Waals surface area contributed by atoms with E-state index < -0.39 is 0 Å². The van der Waals surface area contributed by atoms with Gasteiger partial charge >= 0.3 is 0 Å². The lowest BCUT2D eigenvalue weighted by Crippen LogP contribution is -2.50. The van der Waals surface area contributed by atoms with Gasteiger partial charge in [0.2, 0.25) is 0 Å². The third-order valence-corrected chi connectivity index (χ3v) is 5.92. The predicted molar refractivity (Wildman–Crippen MR) is 97.3 cm³/mol. The van der Waals surface area contributed by atoms with Gasteiger partial charge in [0.1, 0.15) is 0 Å². The van der Waals surface area contributed by atoms with Gasteiger partial charge in [0.25, 0.3) is 11.8 Å². The molecule has 1 saturated heterocycles. The summed E-state index contributed by atoms with van der Waals surface area (Å²) >= 11 is 13.6. The number of halogens is 2. The normalized spacial score (nSPS) is 14.8. The van der Waals surface area contributed by atoms with Gasteiger partial charge in [0.05, 0.1) is 20.5 Å². The lowest BCUT2D eigenvalue weighted by molar-refractivity contribution is 0.0538. The van der Waals surface area contributed by atoms with Gasteiger partial charge in [-0.15, -0.1) is 11.3 Å². The van der Waals surface area contributed by atoms with Crippen LogP contribution >= 0.6 is 34.5 Å². The van der Waals surface area contributed by atoms with Crippen LogP contribution in [0.1, 0.15) is 25.6 Å². The summed E-state index contributed by atoms with van der Waals surface area (Å²) in [6.07, 6.45) is 0. The second-order valence-electron chi connectivity index (χ2n) is 5.62. The summed E-state index contributed by atoms with van der Waals surface area (Å²) in [6.45, 7) is 3.93. The largest absolute Gasteiger partial charge is 0.335 e. The zero-order valence-electron chi connectivity index (χ0n) is 13.1. The van der Waals surface area contributed by atoms with Crippen LogP contribution in [0, 0.1) is 6.92 Å². The van der Waals surface area contributed by atoms with Crippen molar-refractivity contribution in [3.63, 3.8) is 0 Å². The van der Waals surface area contributed by atoms with E-state index in [0.717, 1.165) is 10.4 Å². The monoisotopic (exact) mass is 382 g/mol. The standard InChI is InChI=1S/C17H16Cl2N2O2S/c1-11-5-10-24-15(11)17(23)21-8-6-20(7-9-21)16(22)12-3-2-4-13(18)14(12)19/h2-5,10H,6-9H2,1H3. The minimum Gasteiger partial charge on any atom is -0.335 e. The minimum atomic E-state index is -0.151. The van der Waals surface area contributed by atoms with Crippen molar-refractivity contribution in [2.75, 3.05) is 26.2 Å². The number of hydrogen-bond acceptors (Lipinski definition) is 3. The molecule has 2 amide bonds. The zero-order chi connectivity index (χ0) is 17.3. The molecule has 0 N–H and O–H groups in total. The Morgan fingerprint density at radius 3 is 2.21 bits per heavy atom. The van der Waals surface area contributed by atoms with E-state index in [9.17, 15) is 9.59 Å². The van der Waals surface area contributed by atoms with E-state index in [1.165, 1.54) is 11.3 Å². The van der Waals surface area contributed by atoms with Gasteiger partial charge < -0.3 is 9.80 Å². The summed E-state index contributed by atoms with van der Waals surface area (Å²) in [4.78, 5) is 29.4. The van der Waals surface area contributed by atoms with Crippen molar-refractivity contribution in [1.29, 1.82) is 0 Å². The summed E-state index contributed by atoms with van der Waals surface area (Å²) in [7, 11) is 0. The molecule has 2 heterocycles. The molecule has 1 aromatic heterocycles. The van der Waals surface area contributed by atoms with Crippen LogP contribution < -0.4 is 0 Å². The summed E-state index contributed by atoms with van der Waals surface area (Å²) in [5.41, 5.74) is 1.40. The molecule has 0 unspecified atom stereocenters. The number of nitrogens with zero attached hydrogens (tertiary/aromatic N) is 2. The van der Waals surface area contributed by atoms with Crippen molar-refractivity contribution in [2.45, 2.75) is 6.92 Å². The minimum absolute atomic E-state index is 0.0374. The van der Waals surface area contributed by atoms with E-state index in [-0.39, 0.29) is 16.8 Å². The number of carbonyl (C=O) groups excluding carboxylic acids is 2. The number of carbonyl (C=O) groups is 2. The van der Waals surface area contributed by atoms with E-state index in [2.05, 4.69) is 0 Å². The smallest absolute Gasteiger partial charge is 0.264 e. The quantitative estimate of drug-likeness (QED) is 0.788. The van der Waals surface area contributed by atoms with E-state index in [1.54, 1.807) is 28.0 Å². The van der Waals surface area contributed by atoms with Gasteiger partial charge in [-0.1, -0.05) is 29.3 Å². The highest BCUT2D eigenvalue weighted by atomic mass is 35.5. The highest BCUT2D eigenvalue weighted by Gasteiger charge is 2.27. The Morgan fingerprint density at radius 1 is 1.00 bits per heavy atom. The SMILES string of the molecule is Cc1ccsc1C(=O)N1CCN(C(=O)c2cccc(Cl)c2Cl)CC1. The molecule has 0 aliphatic carbocycles. The first-order chi connectivity index (χ1) is 11.5. The van der Waals surface area contributed by atoms with Crippen molar-refractivity contribution in [1.82, 2.24) is 9.80 Å². The van der Waals surface area contributed by atoms with Crippen molar-refractivity contribution < 1.29 is 9.59 Å². The third-order valence-electron chi connectivity index (χ3n) is 4.09. The molecule has 0 atom stereocenters. The molecule has 1 aliphatic heterocycles. The number of amides is 2. The molecule has 2 aromatic rings. The Balaban J connectivity index is 1.67. The Hall–Kier alpha value is -1.56. The van der Waals surface area contributed by atoms with Gasteiger partial charge in [0, 0.05) is 26.2 Å². The highest BCUT2D eigenvalue weighted by Crippen LogP contribution is 2.27. The molecule has 0 spiro atoms. The number of piperazine rings is 1. The van der Waals surface area contributed by atoms with Gasteiger partial charge in [-0.05, 0) is 36.1 Å². The highest BCUT2D eigenvalue weighted by molar-refractivity contribution is 7.12. The van der Waals surface area contributed by atoms with Gasteiger partial charge in [-0.25, -0.2) is 0 Å². The average molecular weight is 383 g/mol. The predicted octanol–water partition coefficient (Wildman–Crippen LogP) is 3.96. The molecule has 0 saturated carbocycles. The first-order valence-corrected chi connectivity index (χ1v) is 9.19. The molecule has 0 bridgehead atoms. The second-order valence-corrected chi connectivity index (χ2v) is 7.32. The van der Waals surface area contributed by atoms with Crippen LogP contribution in [-0.2, 0) is 0 Å². The van der Waals surface area contributed by atoms with Crippen LogP contribution in [0.4, 0.5) is 0 Å². The van der Waals surface area contributed by atoms with Crippen molar-refractivity contribution >= 4 is 46.4 Å². The molecule has 1 aliphatic rings. The molecule has 4 nitrogen and oxygen atoms in total. The van der Waals surface area contributed by atoms with Crippen LogP contribution in [-0.4, -0.2) is 47.8 Å². The van der Waals surface area contributed by atoms with Crippen molar-refractivity contribution in [3.8, 4) is 0 Å². The van der Waals surface area contributed by atoms with E-state index >= 15 is 0 Å². The topological polar surface area (TPSA) is 40.6 Å². The lowest BCUT2D eigenvalue weighted by Gasteiger charge is -2.35. The number of aryl methyl sites for hydroxylation is 1. The number of rotatable bonds is 2. The molecule has 3 rings (SSSR count). The molecule has 1 fully saturated rings. The zero-order valence-corrected chi connectivity index (χ0v) is 15.4. The molecule has 7 heteroatoms. The van der Waals surface area contributed by atoms with Crippen LogP contribution in [0.3, 0.4) is 0 Å². The first-order valence-electron chi connectivity index (χ1n) is 7.55. The van der Waals surface area contributed by atoms with Crippen LogP contribution in [0.15, 0.2) is 29.6 Å². The van der Waals surface area contributed by atoms with Crippen LogP contribution in [0.5, 0.6) is 0 Å². The fourth-order valence-electron chi connectivity index (χ4n) is 2.69. The molecule has 126 valence electrons. The maximum absolute atomic E-state index is 12.6. The van der Waals surface area contributed by atoms with Crippen LogP contribution in [0.25, 0.3) is 0 Å². The van der Waals surface area contributed by atoms with Crippen LogP contribution in [0.2, 0.25) is 10.0 Å². The Morgan fingerprint density at radius 2 is 1.62 bits per heavy atom. The van der Waals surface area contributed by atoms with Gasteiger partial charge in [-0.2, -0.15) is 0 Å². The Bertz CT molecular complexity index is 783. The van der Waals surface area contributed by atoms with E-state index in [0.29, 0.717) is 36.8 Å². The second kappa shape index (κ2) is 7.13. The molecule has 1 aromatic carbocycles. The Labute approximate surface area is 154 Å². The fraction of sp³-hybridized carbons (Fsp3) is 0.294. The summed E-state index contributed by atoms with van der Waals surface area (Å²) in [5.74, 6) is -0.114. The lowest BCUT2D eigenvalue weighted by atomic mass is 10.1. The molecular weight excluding hydrogens is 367 g/mol. The fourth-order valence-corrected chi connectivity index (χ4v) is 3.96.